The second kappa shape index (κ2) is 9.18. The van der Waals surface area contributed by atoms with Gasteiger partial charge in [-0.05, 0) is 20.3 Å². The van der Waals surface area contributed by atoms with Crippen LogP contribution in [0, 0.1) is 0 Å². The number of carbonyl (C=O) groups excluding carboxylic acids is 2. The first-order valence-electron chi connectivity index (χ1n) is 6.49. The first-order valence-corrected chi connectivity index (χ1v) is 6.49. The van der Waals surface area contributed by atoms with Gasteiger partial charge in [-0.3, -0.25) is 4.79 Å². The third-order valence-corrected chi connectivity index (χ3v) is 2.54. The van der Waals surface area contributed by atoms with Gasteiger partial charge >= 0.3 is 12.0 Å². The van der Waals surface area contributed by atoms with E-state index in [9.17, 15) is 14.4 Å². The van der Waals surface area contributed by atoms with E-state index in [-0.39, 0.29) is 5.91 Å². The van der Waals surface area contributed by atoms with Gasteiger partial charge in [0.1, 0.15) is 12.1 Å². The van der Waals surface area contributed by atoms with Crippen molar-refractivity contribution in [3.63, 3.8) is 0 Å². The van der Waals surface area contributed by atoms with E-state index in [0.717, 1.165) is 6.42 Å². The minimum absolute atomic E-state index is 0.307. The predicted molar refractivity (Wildman–Crippen MR) is 70.8 cm³/mol. The van der Waals surface area contributed by atoms with Crippen LogP contribution in [0.4, 0.5) is 4.79 Å². The highest BCUT2D eigenvalue weighted by molar-refractivity contribution is 5.88. The molecule has 0 spiro atoms. The van der Waals surface area contributed by atoms with Gasteiger partial charge in [0.25, 0.3) is 0 Å². The molecule has 19 heavy (non-hydrogen) atoms. The van der Waals surface area contributed by atoms with Gasteiger partial charge in [0.2, 0.25) is 5.91 Å². The van der Waals surface area contributed by atoms with Gasteiger partial charge in [-0.25, -0.2) is 9.59 Å². The van der Waals surface area contributed by atoms with E-state index in [1.54, 1.807) is 6.92 Å². The molecule has 7 nitrogen and oxygen atoms in total. The quantitative estimate of drug-likeness (QED) is 0.515. The zero-order valence-electron chi connectivity index (χ0n) is 11.7. The molecule has 0 radical (unpaired) electrons. The molecule has 0 heterocycles. The lowest BCUT2D eigenvalue weighted by Gasteiger charge is -2.17. The highest BCUT2D eigenvalue weighted by Crippen LogP contribution is 2.00. The van der Waals surface area contributed by atoms with E-state index in [4.69, 9.17) is 5.11 Å². The lowest BCUT2D eigenvalue weighted by molar-refractivity contribution is -0.139. The van der Waals surface area contributed by atoms with E-state index < -0.39 is 24.1 Å². The lowest BCUT2D eigenvalue weighted by atomic mass is 10.1. The van der Waals surface area contributed by atoms with Crippen molar-refractivity contribution in [2.75, 3.05) is 6.54 Å². The highest BCUT2D eigenvalue weighted by Gasteiger charge is 2.21. The van der Waals surface area contributed by atoms with Crippen molar-refractivity contribution in [3.05, 3.63) is 0 Å². The van der Waals surface area contributed by atoms with Crippen LogP contribution in [0.25, 0.3) is 0 Å². The van der Waals surface area contributed by atoms with Gasteiger partial charge in [-0.15, -0.1) is 0 Å². The Labute approximate surface area is 113 Å². The average Bonchev–Trinajstić information content (AvgIpc) is 2.34. The van der Waals surface area contributed by atoms with E-state index >= 15 is 0 Å². The molecule has 4 N–H and O–H groups in total. The molecule has 2 atom stereocenters. The summed E-state index contributed by atoms with van der Waals surface area (Å²) in [6.45, 7) is 5.72. The maximum Gasteiger partial charge on any atom is 0.326 e. The minimum atomic E-state index is -1.07. The fourth-order valence-corrected chi connectivity index (χ4v) is 1.46. The number of nitrogens with one attached hydrogen (secondary N) is 3. The number of hydrogen-bond acceptors (Lipinski definition) is 3. The topological polar surface area (TPSA) is 108 Å². The Bertz CT molecular complexity index is 320. The van der Waals surface area contributed by atoms with E-state index in [1.165, 1.54) is 6.92 Å². The van der Waals surface area contributed by atoms with Crippen molar-refractivity contribution in [3.8, 4) is 0 Å². The Morgan fingerprint density at radius 1 is 1.16 bits per heavy atom. The van der Waals surface area contributed by atoms with Crippen molar-refractivity contribution < 1.29 is 19.5 Å². The van der Waals surface area contributed by atoms with E-state index in [0.29, 0.717) is 19.4 Å². The number of carboxylic acids is 1. The molecule has 0 saturated carbocycles. The largest absolute Gasteiger partial charge is 0.480 e. The second-order valence-electron chi connectivity index (χ2n) is 4.27. The molecule has 0 aliphatic heterocycles. The van der Waals surface area contributed by atoms with Crippen LogP contribution in [-0.4, -0.2) is 41.6 Å². The van der Waals surface area contributed by atoms with Crippen LogP contribution in [0.3, 0.4) is 0 Å². The SMILES string of the molecule is CCCC[C@H](NC(=O)NC(C)C(=O)NCC)C(=O)O. The summed E-state index contributed by atoms with van der Waals surface area (Å²) in [6, 6.07) is -2.29. The maximum absolute atomic E-state index is 11.6. The number of urea groups is 1. The molecule has 0 aliphatic rings. The van der Waals surface area contributed by atoms with Crippen molar-refractivity contribution in [2.45, 2.75) is 52.1 Å². The summed E-state index contributed by atoms with van der Waals surface area (Å²) >= 11 is 0. The van der Waals surface area contributed by atoms with Gasteiger partial charge in [0.05, 0.1) is 0 Å². The minimum Gasteiger partial charge on any atom is -0.480 e. The number of likely N-dealkylation sites (N-methyl/N-ethyl adjacent to an activating group) is 1. The molecule has 0 aliphatic carbocycles. The van der Waals surface area contributed by atoms with Crippen LogP contribution < -0.4 is 16.0 Å². The Morgan fingerprint density at radius 2 is 1.79 bits per heavy atom. The number of aliphatic carboxylic acids is 1. The summed E-state index contributed by atoms with van der Waals surface area (Å²) in [4.78, 5) is 33.9. The maximum atomic E-state index is 11.6. The summed E-state index contributed by atoms with van der Waals surface area (Å²) in [7, 11) is 0. The van der Waals surface area contributed by atoms with Crippen molar-refractivity contribution in [2.24, 2.45) is 0 Å². The second-order valence-corrected chi connectivity index (χ2v) is 4.27. The predicted octanol–water partition coefficient (Wildman–Crippen LogP) is 0.454. The van der Waals surface area contributed by atoms with Gasteiger partial charge in [0.15, 0.2) is 0 Å². The molecule has 3 amide bonds. The Hall–Kier alpha value is -1.79. The molecule has 1 unspecified atom stereocenters. The van der Waals surface area contributed by atoms with Gasteiger partial charge in [-0.1, -0.05) is 19.8 Å². The zero-order valence-corrected chi connectivity index (χ0v) is 11.7. The summed E-state index contributed by atoms with van der Waals surface area (Å²) in [5.41, 5.74) is 0. The molecule has 110 valence electrons. The highest BCUT2D eigenvalue weighted by atomic mass is 16.4. The lowest BCUT2D eigenvalue weighted by Crippen LogP contribution is -2.52. The summed E-state index contributed by atoms with van der Waals surface area (Å²) in [5.74, 6) is -1.38. The van der Waals surface area contributed by atoms with Crippen LogP contribution in [0.5, 0.6) is 0 Å². The molecule has 0 fully saturated rings. The first-order chi connectivity index (χ1) is 8.92. The first kappa shape index (κ1) is 17.2. The average molecular weight is 273 g/mol. The molecular formula is C12H23N3O4. The molecule has 0 saturated heterocycles. The Morgan fingerprint density at radius 3 is 2.26 bits per heavy atom. The summed E-state index contributed by atoms with van der Waals surface area (Å²) in [5, 5.41) is 16.3. The Kier molecular flexibility index (Phi) is 8.32. The van der Waals surface area contributed by atoms with Crippen LogP contribution in [0.15, 0.2) is 0 Å². The molecule has 0 bridgehead atoms. The van der Waals surface area contributed by atoms with Crippen LogP contribution >= 0.6 is 0 Å². The third-order valence-electron chi connectivity index (χ3n) is 2.54. The van der Waals surface area contributed by atoms with Crippen molar-refractivity contribution in [1.29, 1.82) is 0 Å². The third kappa shape index (κ3) is 7.28. The van der Waals surface area contributed by atoms with E-state index in [1.807, 2.05) is 6.92 Å². The monoisotopic (exact) mass is 273 g/mol. The summed E-state index contributed by atoms with van der Waals surface area (Å²) < 4.78 is 0. The van der Waals surface area contributed by atoms with Crippen molar-refractivity contribution >= 4 is 17.9 Å². The van der Waals surface area contributed by atoms with Gasteiger partial charge in [-0.2, -0.15) is 0 Å². The number of rotatable bonds is 8. The molecule has 0 aromatic rings. The fraction of sp³-hybridized carbons (Fsp3) is 0.750. The molecule has 7 heteroatoms. The number of carboxylic acid groups (broad SMARTS) is 1. The van der Waals surface area contributed by atoms with Gasteiger partial charge in [0, 0.05) is 6.54 Å². The number of unbranched alkanes of at least 4 members (excludes halogenated alkanes) is 1. The van der Waals surface area contributed by atoms with Crippen molar-refractivity contribution in [1.82, 2.24) is 16.0 Å². The molecule has 0 rings (SSSR count). The number of hydrogen-bond donors (Lipinski definition) is 4. The Balaban J connectivity index is 4.25. The number of amides is 3. The normalized spacial score (nSPS) is 13.2. The number of carbonyl (C=O) groups is 3. The fourth-order valence-electron chi connectivity index (χ4n) is 1.46. The van der Waals surface area contributed by atoms with Crippen LogP contribution in [-0.2, 0) is 9.59 Å². The smallest absolute Gasteiger partial charge is 0.326 e. The van der Waals surface area contributed by atoms with Gasteiger partial charge < -0.3 is 21.1 Å². The van der Waals surface area contributed by atoms with Crippen LogP contribution in [0.1, 0.15) is 40.0 Å². The molecule has 0 aromatic heterocycles. The van der Waals surface area contributed by atoms with E-state index in [2.05, 4.69) is 16.0 Å². The van der Waals surface area contributed by atoms with Crippen LogP contribution in [0.2, 0.25) is 0 Å². The standard InChI is InChI=1S/C12H23N3O4/c1-4-6-7-9(11(17)18)15-12(19)14-8(3)10(16)13-5-2/h8-9H,4-7H2,1-3H3,(H,13,16)(H,17,18)(H2,14,15,19)/t8?,9-/m0/s1. The zero-order chi connectivity index (χ0) is 14.8. The summed E-state index contributed by atoms with van der Waals surface area (Å²) in [6.07, 6.45) is 1.93. The molecule has 0 aromatic carbocycles. The molecular weight excluding hydrogens is 250 g/mol.